The van der Waals surface area contributed by atoms with Gasteiger partial charge in [0.15, 0.2) is 0 Å². The van der Waals surface area contributed by atoms with E-state index in [0.717, 1.165) is 0 Å². The van der Waals surface area contributed by atoms with Crippen LogP contribution in [-0.4, -0.2) is 118 Å². The Balaban J connectivity index is -0.0000000741. The minimum absolute atomic E-state index is 0. The summed E-state index contributed by atoms with van der Waals surface area (Å²) in [7, 11) is -2.17. The number of carboxylic acids is 4. The van der Waals surface area contributed by atoms with Crippen molar-refractivity contribution >= 4 is 82.6 Å². The molecule has 0 saturated heterocycles. The van der Waals surface area contributed by atoms with Crippen LogP contribution in [0.25, 0.3) is 0 Å². The van der Waals surface area contributed by atoms with E-state index in [4.69, 9.17) is 54.7 Å². The first kappa shape index (κ1) is 25.3. The molecule has 0 fully saturated rings. The molecule has 0 aliphatic carbocycles. The van der Waals surface area contributed by atoms with Crippen molar-refractivity contribution < 1.29 is 54.7 Å². The van der Waals surface area contributed by atoms with Gasteiger partial charge < -0.3 is 35.5 Å². The van der Waals surface area contributed by atoms with E-state index in [1.54, 1.807) is 0 Å². The Kier molecular flexibility index (Phi) is 23.0. The zero-order valence-corrected chi connectivity index (χ0v) is 7.34. The van der Waals surface area contributed by atoms with E-state index >= 15 is 0 Å². The third kappa shape index (κ3) is 50.3. The SMILES string of the molecule is O=C(O)C(=O)O.O=C(O)C(=O)O.OB(O)O.[KH]. The topological polar surface area (TPSA) is 210 Å². The summed E-state index contributed by atoms with van der Waals surface area (Å²) in [4.78, 5) is 36.4. The molecule has 0 rings (SSSR count). The van der Waals surface area contributed by atoms with Gasteiger partial charge in [0.2, 0.25) is 0 Å². The van der Waals surface area contributed by atoms with Gasteiger partial charge in [-0.25, -0.2) is 19.2 Å². The van der Waals surface area contributed by atoms with Crippen LogP contribution in [0.4, 0.5) is 0 Å². The summed E-state index contributed by atoms with van der Waals surface area (Å²) in [6, 6.07) is 0. The molecule has 0 aromatic heterocycles. The van der Waals surface area contributed by atoms with Crippen molar-refractivity contribution in [3.63, 3.8) is 0 Å². The first-order valence-electron chi connectivity index (χ1n) is 2.99. The van der Waals surface area contributed by atoms with Crippen molar-refractivity contribution in [3.05, 3.63) is 0 Å². The molecule has 7 N–H and O–H groups in total. The van der Waals surface area contributed by atoms with Crippen molar-refractivity contribution in [1.82, 2.24) is 0 Å². The Morgan fingerprint density at radius 3 is 0.647 bits per heavy atom. The number of hydrogen-bond donors (Lipinski definition) is 7. The van der Waals surface area contributed by atoms with Crippen molar-refractivity contribution in [1.29, 1.82) is 0 Å². The molecule has 11 nitrogen and oxygen atoms in total. The normalized spacial score (nSPS) is 6.76. The summed E-state index contributed by atoms with van der Waals surface area (Å²) in [6.07, 6.45) is 0. The average molecular weight is 282 g/mol. The first-order chi connectivity index (χ1) is 7.02. The number of carbonyl (C=O) groups is 4. The second-order valence-corrected chi connectivity index (χ2v) is 1.57. The summed E-state index contributed by atoms with van der Waals surface area (Å²) >= 11 is 0. The molecule has 0 aromatic rings. The fourth-order valence-electron chi connectivity index (χ4n) is 0. The van der Waals surface area contributed by atoms with E-state index in [1.165, 1.54) is 0 Å². The average Bonchev–Trinajstić information content (AvgIpc) is 2.03. The number of hydrogen-bond acceptors (Lipinski definition) is 7. The van der Waals surface area contributed by atoms with E-state index in [1.807, 2.05) is 0 Å². The molecule has 0 aliphatic rings. The van der Waals surface area contributed by atoms with Crippen LogP contribution < -0.4 is 0 Å². The Bertz CT molecular complexity index is 211. The fraction of sp³-hybridized carbons (Fsp3) is 0. The van der Waals surface area contributed by atoms with Crippen LogP contribution in [0, 0.1) is 0 Å². The molecule has 0 aromatic carbocycles. The van der Waals surface area contributed by atoms with E-state index in [0.29, 0.717) is 0 Å². The Hall–Kier alpha value is -0.539. The van der Waals surface area contributed by atoms with Gasteiger partial charge in [-0.05, 0) is 0 Å². The van der Waals surface area contributed by atoms with E-state index in [9.17, 15) is 0 Å². The molecule has 0 heterocycles. The summed E-state index contributed by atoms with van der Waals surface area (Å²) in [5, 5.41) is 51.1. The zero-order valence-electron chi connectivity index (χ0n) is 7.34. The maximum atomic E-state index is 9.10. The molecular weight excluding hydrogens is 274 g/mol. The molecule has 0 amide bonds. The van der Waals surface area contributed by atoms with Gasteiger partial charge in [0, 0.05) is 0 Å². The number of carboxylic acid groups (broad SMARTS) is 4. The van der Waals surface area contributed by atoms with Gasteiger partial charge in [0.05, 0.1) is 0 Å². The second kappa shape index (κ2) is 15.5. The third-order valence-corrected chi connectivity index (χ3v) is 0.366. The van der Waals surface area contributed by atoms with Gasteiger partial charge in [-0.3, -0.25) is 0 Å². The monoisotopic (exact) mass is 282 g/mol. The molecule has 0 spiro atoms. The van der Waals surface area contributed by atoms with Crippen molar-refractivity contribution in [2.24, 2.45) is 0 Å². The summed E-state index contributed by atoms with van der Waals surface area (Å²) in [6.45, 7) is 0. The van der Waals surface area contributed by atoms with Crippen LogP contribution in [-0.2, 0) is 19.2 Å². The molecule has 94 valence electrons. The van der Waals surface area contributed by atoms with Gasteiger partial charge in [-0.2, -0.15) is 0 Å². The number of aliphatic carboxylic acids is 4. The van der Waals surface area contributed by atoms with Crippen LogP contribution in [0.5, 0.6) is 0 Å². The van der Waals surface area contributed by atoms with Crippen LogP contribution in [0.3, 0.4) is 0 Å². The van der Waals surface area contributed by atoms with E-state index in [2.05, 4.69) is 0 Å². The van der Waals surface area contributed by atoms with Gasteiger partial charge >= 0.3 is 82.6 Å². The molecular formula is C4H8BKO11. The predicted octanol–water partition coefficient (Wildman–Crippen LogP) is -4.39. The van der Waals surface area contributed by atoms with Crippen LogP contribution in [0.15, 0.2) is 0 Å². The van der Waals surface area contributed by atoms with Gasteiger partial charge in [0.1, 0.15) is 0 Å². The summed E-state index contributed by atoms with van der Waals surface area (Å²) in [5.41, 5.74) is 0. The van der Waals surface area contributed by atoms with Crippen molar-refractivity contribution in [2.75, 3.05) is 0 Å². The summed E-state index contributed by atoms with van der Waals surface area (Å²) in [5.74, 6) is -7.30. The van der Waals surface area contributed by atoms with Crippen LogP contribution in [0.2, 0.25) is 0 Å². The van der Waals surface area contributed by atoms with Crippen LogP contribution >= 0.6 is 0 Å². The zero-order chi connectivity index (χ0) is 13.9. The quantitative estimate of drug-likeness (QED) is 0.166. The molecule has 0 saturated carbocycles. The first-order valence-corrected chi connectivity index (χ1v) is 2.99. The fourth-order valence-corrected chi connectivity index (χ4v) is 0. The van der Waals surface area contributed by atoms with E-state index in [-0.39, 0.29) is 51.4 Å². The van der Waals surface area contributed by atoms with Gasteiger partial charge in [-0.1, -0.05) is 0 Å². The molecule has 0 aliphatic heterocycles. The Morgan fingerprint density at radius 1 is 0.588 bits per heavy atom. The standard InChI is InChI=1S/2C2H2O4.BH3O3.K.H/c2*3-1(4)2(5)6;2-1(3)4;;/h2*(H,3,4)(H,5,6);2-4H;;. The van der Waals surface area contributed by atoms with Crippen molar-refractivity contribution in [2.45, 2.75) is 0 Å². The molecule has 0 atom stereocenters. The molecule has 0 bridgehead atoms. The van der Waals surface area contributed by atoms with E-state index < -0.39 is 31.2 Å². The molecule has 0 unspecified atom stereocenters. The molecule has 17 heavy (non-hydrogen) atoms. The Labute approximate surface area is 136 Å². The van der Waals surface area contributed by atoms with Gasteiger partial charge in [-0.15, -0.1) is 0 Å². The predicted molar refractivity (Wildman–Crippen MR) is 50.1 cm³/mol. The second-order valence-electron chi connectivity index (χ2n) is 1.57. The van der Waals surface area contributed by atoms with Gasteiger partial charge in [0.25, 0.3) is 0 Å². The summed E-state index contributed by atoms with van der Waals surface area (Å²) < 4.78 is 0. The maximum absolute atomic E-state index is 9.10. The molecule has 0 radical (unpaired) electrons. The third-order valence-electron chi connectivity index (χ3n) is 0.366. The molecule has 13 heteroatoms. The number of rotatable bonds is 0. The van der Waals surface area contributed by atoms with Crippen molar-refractivity contribution in [3.8, 4) is 0 Å². The minimum atomic E-state index is -2.17. The van der Waals surface area contributed by atoms with Crippen LogP contribution in [0.1, 0.15) is 0 Å². The Morgan fingerprint density at radius 2 is 0.647 bits per heavy atom.